The summed E-state index contributed by atoms with van der Waals surface area (Å²) in [5.74, 6) is -0.337. The molecule has 1 spiro atoms. The summed E-state index contributed by atoms with van der Waals surface area (Å²) in [7, 11) is 0. The Morgan fingerprint density at radius 2 is 1.75 bits per heavy atom. The van der Waals surface area contributed by atoms with Crippen LogP contribution in [-0.2, 0) is 9.47 Å². The lowest BCUT2D eigenvalue weighted by Crippen LogP contribution is -2.48. The lowest BCUT2D eigenvalue weighted by molar-refractivity contribution is -0.180. The van der Waals surface area contributed by atoms with Crippen LogP contribution in [-0.4, -0.2) is 42.1 Å². The first kappa shape index (κ1) is 13.8. The van der Waals surface area contributed by atoms with Gasteiger partial charge < -0.3 is 19.7 Å². The van der Waals surface area contributed by atoms with Crippen molar-refractivity contribution in [3.05, 3.63) is 29.8 Å². The van der Waals surface area contributed by atoms with Gasteiger partial charge >= 0.3 is 0 Å². The van der Waals surface area contributed by atoms with Crippen LogP contribution in [0.2, 0.25) is 0 Å². The molecule has 0 aliphatic carbocycles. The van der Waals surface area contributed by atoms with E-state index in [0.717, 1.165) is 36.7 Å². The average molecular weight is 292 g/mol. The Labute approximate surface area is 125 Å². The molecule has 1 aromatic carbocycles. The molecule has 4 nitrogen and oxygen atoms in total. The number of nitrogens with zero attached hydrogens (tertiary/aromatic N) is 1. The van der Waals surface area contributed by atoms with Gasteiger partial charge in [-0.05, 0) is 31.3 Å². The van der Waals surface area contributed by atoms with Crippen LogP contribution >= 0.6 is 12.2 Å². The van der Waals surface area contributed by atoms with E-state index in [1.165, 1.54) is 5.56 Å². The molecule has 20 heavy (non-hydrogen) atoms. The minimum Gasteiger partial charge on any atom is -0.349 e. The number of likely N-dealkylation sites (tertiary alicyclic amines) is 1. The van der Waals surface area contributed by atoms with E-state index >= 15 is 0 Å². The lowest BCUT2D eigenvalue weighted by atomic mass is 10.0. The van der Waals surface area contributed by atoms with Crippen LogP contribution in [0.3, 0.4) is 0 Å². The van der Waals surface area contributed by atoms with Gasteiger partial charge in [-0.2, -0.15) is 0 Å². The molecule has 1 aromatic rings. The molecule has 2 fully saturated rings. The second kappa shape index (κ2) is 5.68. The molecule has 108 valence electrons. The van der Waals surface area contributed by atoms with Crippen molar-refractivity contribution in [3.63, 3.8) is 0 Å². The van der Waals surface area contributed by atoms with E-state index in [4.69, 9.17) is 21.7 Å². The van der Waals surface area contributed by atoms with Gasteiger partial charge in [0.1, 0.15) is 0 Å². The van der Waals surface area contributed by atoms with Gasteiger partial charge in [0.15, 0.2) is 10.9 Å². The molecule has 0 bridgehead atoms. The molecule has 5 heteroatoms. The van der Waals surface area contributed by atoms with Crippen molar-refractivity contribution in [1.82, 2.24) is 4.90 Å². The van der Waals surface area contributed by atoms with Crippen molar-refractivity contribution in [2.75, 3.05) is 31.6 Å². The number of thiocarbonyl (C=S) groups is 1. The molecule has 0 radical (unpaired) electrons. The number of benzene rings is 1. The van der Waals surface area contributed by atoms with E-state index in [1.807, 2.05) is 0 Å². The van der Waals surface area contributed by atoms with E-state index in [-0.39, 0.29) is 5.79 Å². The van der Waals surface area contributed by atoms with Crippen LogP contribution in [0.25, 0.3) is 0 Å². The summed E-state index contributed by atoms with van der Waals surface area (Å²) in [6.07, 6.45) is 1.76. The number of ether oxygens (including phenoxy) is 2. The van der Waals surface area contributed by atoms with Crippen molar-refractivity contribution in [2.24, 2.45) is 0 Å². The molecular weight excluding hydrogens is 272 g/mol. The van der Waals surface area contributed by atoms with Crippen LogP contribution in [0.1, 0.15) is 18.4 Å². The average Bonchev–Trinajstić information content (AvgIpc) is 2.90. The van der Waals surface area contributed by atoms with E-state index in [2.05, 4.69) is 41.4 Å². The molecular formula is C15H20N2O2S. The first-order chi connectivity index (χ1) is 9.67. The second-order valence-corrected chi connectivity index (χ2v) is 5.78. The summed E-state index contributed by atoms with van der Waals surface area (Å²) in [5, 5.41) is 4.07. The van der Waals surface area contributed by atoms with E-state index in [9.17, 15) is 0 Å². The number of anilines is 1. The zero-order chi connectivity index (χ0) is 14.0. The molecule has 2 saturated heterocycles. The molecule has 0 aromatic heterocycles. The summed E-state index contributed by atoms with van der Waals surface area (Å²) in [6.45, 7) is 5.25. The van der Waals surface area contributed by atoms with Gasteiger partial charge in [-0.1, -0.05) is 17.7 Å². The van der Waals surface area contributed by atoms with Crippen LogP contribution in [0.15, 0.2) is 24.3 Å². The highest BCUT2D eigenvalue weighted by atomic mass is 32.1. The van der Waals surface area contributed by atoms with E-state index in [0.29, 0.717) is 13.2 Å². The number of aryl methyl sites for hydroxylation is 1. The zero-order valence-electron chi connectivity index (χ0n) is 11.7. The maximum absolute atomic E-state index is 5.73. The summed E-state index contributed by atoms with van der Waals surface area (Å²) in [5.41, 5.74) is 2.28. The summed E-state index contributed by atoms with van der Waals surface area (Å²) in [6, 6.07) is 8.26. The van der Waals surface area contributed by atoms with E-state index < -0.39 is 0 Å². The third-order valence-electron chi connectivity index (χ3n) is 3.93. The standard InChI is InChI=1S/C15H20N2O2S/c1-12-2-4-13(5-3-12)16-14(20)17-8-6-15(7-9-17)18-10-11-19-15/h2-5H,6-11H2,1H3,(H,16,20). The van der Waals surface area contributed by atoms with Gasteiger partial charge in [0.05, 0.1) is 13.2 Å². The highest BCUT2D eigenvalue weighted by Crippen LogP contribution is 2.31. The fourth-order valence-electron chi connectivity index (χ4n) is 2.68. The maximum atomic E-state index is 5.73. The quantitative estimate of drug-likeness (QED) is 0.805. The molecule has 2 aliphatic heterocycles. The molecule has 3 rings (SSSR count). The topological polar surface area (TPSA) is 33.7 Å². The SMILES string of the molecule is Cc1ccc(NC(=S)N2CCC3(CC2)OCCO3)cc1. The van der Waals surface area contributed by atoms with Crippen molar-refractivity contribution in [1.29, 1.82) is 0 Å². The highest BCUT2D eigenvalue weighted by molar-refractivity contribution is 7.80. The molecule has 0 amide bonds. The Hall–Kier alpha value is -1.17. The summed E-state index contributed by atoms with van der Waals surface area (Å²) in [4.78, 5) is 2.19. The monoisotopic (exact) mass is 292 g/mol. The Morgan fingerprint density at radius 1 is 1.15 bits per heavy atom. The summed E-state index contributed by atoms with van der Waals surface area (Å²) >= 11 is 5.49. The van der Waals surface area contributed by atoms with Crippen molar-refractivity contribution in [3.8, 4) is 0 Å². The van der Waals surface area contributed by atoms with Crippen LogP contribution < -0.4 is 5.32 Å². The molecule has 0 saturated carbocycles. The van der Waals surface area contributed by atoms with Crippen molar-refractivity contribution >= 4 is 23.0 Å². The third-order valence-corrected chi connectivity index (χ3v) is 4.29. The van der Waals surface area contributed by atoms with Crippen LogP contribution in [0, 0.1) is 6.92 Å². The van der Waals surface area contributed by atoms with Gasteiger partial charge in [-0.25, -0.2) is 0 Å². The van der Waals surface area contributed by atoms with Gasteiger partial charge in [0.2, 0.25) is 0 Å². The first-order valence-corrected chi connectivity index (χ1v) is 7.48. The Morgan fingerprint density at radius 3 is 2.35 bits per heavy atom. The van der Waals surface area contributed by atoms with Gasteiger partial charge in [-0.15, -0.1) is 0 Å². The Balaban J connectivity index is 1.55. The second-order valence-electron chi connectivity index (χ2n) is 5.39. The first-order valence-electron chi connectivity index (χ1n) is 7.07. The molecule has 2 aliphatic rings. The molecule has 0 unspecified atom stereocenters. The van der Waals surface area contributed by atoms with E-state index in [1.54, 1.807) is 0 Å². The fourth-order valence-corrected chi connectivity index (χ4v) is 2.98. The minimum absolute atomic E-state index is 0.337. The molecule has 2 heterocycles. The van der Waals surface area contributed by atoms with Gasteiger partial charge in [0.25, 0.3) is 0 Å². The van der Waals surface area contributed by atoms with Crippen molar-refractivity contribution < 1.29 is 9.47 Å². The number of piperidine rings is 1. The Bertz CT molecular complexity index is 473. The molecule has 1 N–H and O–H groups in total. The van der Waals surface area contributed by atoms with Crippen LogP contribution in [0.5, 0.6) is 0 Å². The van der Waals surface area contributed by atoms with Crippen LogP contribution in [0.4, 0.5) is 5.69 Å². The maximum Gasteiger partial charge on any atom is 0.173 e. The number of nitrogens with one attached hydrogen (secondary N) is 1. The summed E-state index contributed by atoms with van der Waals surface area (Å²) < 4.78 is 11.5. The fraction of sp³-hybridized carbons (Fsp3) is 0.533. The number of hydrogen-bond donors (Lipinski definition) is 1. The predicted octanol–water partition coefficient (Wildman–Crippen LogP) is 2.53. The minimum atomic E-state index is -0.337. The smallest absolute Gasteiger partial charge is 0.173 e. The third kappa shape index (κ3) is 2.95. The van der Waals surface area contributed by atoms with Crippen molar-refractivity contribution in [2.45, 2.75) is 25.6 Å². The molecule has 0 atom stereocenters. The number of rotatable bonds is 1. The lowest BCUT2D eigenvalue weighted by Gasteiger charge is -2.38. The normalized spacial score (nSPS) is 21.1. The Kier molecular flexibility index (Phi) is 3.92. The highest BCUT2D eigenvalue weighted by Gasteiger charge is 2.40. The van der Waals surface area contributed by atoms with Gasteiger partial charge in [-0.3, -0.25) is 0 Å². The predicted molar refractivity (Wildman–Crippen MR) is 82.8 cm³/mol. The van der Waals surface area contributed by atoms with Gasteiger partial charge in [0, 0.05) is 31.6 Å². The largest absolute Gasteiger partial charge is 0.349 e. The zero-order valence-corrected chi connectivity index (χ0v) is 12.5. The number of hydrogen-bond acceptors (Lipinski definition) is 3.